The van der Waals surface area contributed by atoms with E-state index in [1.165, 1.54) is 18.3 Å². The normalized spacial score (nSPS) is 13.1. The minimum atomic E-state index is -3.57. The average Bonchev–Trinajstić information content (AvgIpc) is 2.91. The van der Waals surface area contributed by atoms with E-state index in [0.717, 1.165) is 5.56 Å². The summed E-state index contributed by atoms with van der Waals surface area (Å²) in [4.78, 5) is 4.01. The lowest BCUT2D eigenvalue weighted by Gasteiger charge is -2.13. The molecule has 2 aromatic rings. The third-order valence-corrected chi connectivity index (χ3v) is 4.98. The number of sulfonamides is 1. The molecule has 0 radical (unpaired) electrons. The van der Waals surface area contributed by atoms with Crippen LogP contribution in [0, 0.1) is 0 Å². The van der Waals surface area contributed by atoms with Crippen LogP contribution in [0.15, 0.2) is 40.1 Å². The van der Waals surface area contributed by atoms with E-state index in [9.17, 15) is 8.42 Å². The van der Waals surface area contributed by atoms with Crippen molar-refractivity contribution in [3.05, 3.63) is 40.7 Å². The predicted octanol–water partition coefficient (Wildman–Crippen LogP) is 1.34. The van der Waals surface area contributed by atoms with Crippen molar-refractivity contribution in [3.8, 4) is 0 Å². The predicted molar refractivity (Wildman–Crippen MR) is 79.9 cm³/mol. The first kappa shape index (κ1) is 14.9. The molecule has 1 unspecified atom stereocenters. The van der Waals surface area contributed by atoms with Crippen LogP contribution in [0.3, 0.4) is 0 Å². The van der Waals surface area contributed by atoms with Crippen LogP contribution in [0.25, 0.3) is 0 Å². The Balaban J connectivity index is 2.05. The van der Waals surface area contributed by atoms with Gasteiger partial charge in [-0.25, -0.2) is 24.0 Å². The average molecular weight is 312 g/mol. The van der Waals surface area contributed by atoms with E-state index in [-0.39, 0.29) is 10.9 Å². The van der Waals surface area contributed by atoms with Gasteiger partial charge < -0.3 is 5.43 Å². The zero-order chi connectivity index (χ0) is 14.6. The van der Waals surface area contributed by atoms with Crippen LogP contribution in [0.4, 0.5) is 5.82 Å². The van der Waals surface area contributed by atoms with Crippen LogP contribution in [-0.4, -0.2) is 19.4 Å². The third-order valence-electron chi connectivity index (χ3n) is 2.67. The molecule has 0 aliphatic carbocycles. The van der Waals surface area contributed by atoms with Crippen LogP contribution >= 0.6 is 11.3 Å². The molecule has 0 fully saturated rings. The molecule has 2 heterocycles. The van der Waals surface area contributed by atoms with Crippen LogP contribution < -0.4 is 16.0 Å². The van der Waals surface area contributed by atoms with Crippen molar-refractivity contribution >= 4 is 27.2 Å². The molecule has 2 rings (SSSR count). The molecule has 0 bridgehead atoms. The van der Waals surface area contributed by atoms with Crippen LogP contribution in [0.2, 0.25) is 0 Å². The second kappa shape index (κ2) is 6.31. The number of hydrazine groups is 1. The van der Waals surface area contributed by atoms with Gasteiger partial charge in [-0.3, -0.25) is 0 Å². The summed E-state index contributed by atoms with van der Waals surface area (Å²) in [6.45, 7) is 1.83. The molecule has 1 atom stereocenters. The van der Waals surface area contributed by atoms with E-state index < -0.39 is 10.0 Å². The molecule has 0 amide bonds. The van der Waals surface area contributed by atoms with E-state index in [1.807, 2.05) is 23.8 Å². The third kappa shape index (κ3) is 3.76. The van der Waals surface area contributed by atoms with Crippen molar-refractivity contribution in [1.82, 2.24) is 9.71 Å². The number of nitrogens with two attached hydrogens (primary N) is 1. The number of nitrogens with zero attached hydrogens (tertiary/aromatic N) is 1. The summed E-state index contributed by atoms with van der Waals surface area (Å²) in [6, 6.07) is 4.76. The van der Waals surface area contributed by atoms with Gasteiger partial charge in [0, 0.05) is 12.2 Å². The molecular formula is C12H16N4O2S2. The highest BCUT2D eigenvalue weighted by Crippen LogP contribution is 2.13. The minimum absolute atomic E-state index is 0.119. The maximum atomic E-state index is 12.2. The Kier molecular flexibility index (Phi) is 4.71. The molecule has 0 spiro atoms. The molecule has 20 heavy (non-hydrogen) atoms. The molecular weight excluding hydrogens is 296 g/mol. The van der Waals surface area contributed by atoms with Crippen molar-refractivity contribution in [3.63, 3.8) is 0 Å². The van der Waals surface area contributed by atoms with Crippen molar-refractivity contribution in [2.45, 2.75) is 24.3 Å². The number of hydrogen-bond acceptors (Lipinski definition) is 6. The number of hydrogen-bond donors (Lipinski definition) is 3. The van der Waals surface area contributed by atoms with Gasteiger partial charge in [0.15, 0.2) is 0 Å². The summed E-state index contributed by atoms with van der Waals surface area (Å²) in [5.74, 6) is 5.60. The van der Waals surface area contributed by atoms with E-state index in [4.69, 9.17) is 5.84 Å². The van der Waals surface area contributed by atoms with Gasteiger partial charge in [0.25, 0.3) is 0 Å². The number of anilines is 1. The SMILES string of the molecule is CC(Cc1ccsc1)NS(=O)(=O)c1ccc(NN)nc1. The largest absolute Gasteiger partial charge is 0.308 e. The van der Waals surface area contributed by atoms with E-state index in [2.05, 4.69) is 15.1 Å². The molecule has 2 aromatic heterocycles. The van der Waals surface area contributed by atoms with E-state index in [0.29, 0.717) is 12.2 Å². The Morgan fingerprint density at radius 3 is 2.75 bits per heavy atom. The highest BCUT2D eigenvalue weighted by molar-refractivity contribution is 7.89. The lowest BCUT2D eigenvalue weighted by molar-refractivity contribution is 0.559. The fourth-order valence-corrected chi connectivity index (χ4v) is 3.63. The summed E-state index contributed by atoms with van der Waals surface area (Å²) in [5, 5.41) is 3.98. The quantitative estimate of drug-likeness (QED) is 0.552. The number of nitrogen functional groups attached to an aromatic ring is 1. The molecule has 6 nitrogen and oxygen atoms in total. The molecule has 108 valence electrons. The lowest BCUT2D eigenvalue weighted by Crippen LogP contribution is -2.34. The summed E-state index contributed by atoms with van der Waals surface area (Å²) in [6.07, 6.45) is 1.92. The second-order valence-electron chi connectivity index (χ2n) is 4.38. The molecule has 0 saturated carbocycles. The van der Waals surface area contributed by atoms with Crippen molar-refractivity contribution < 1.29 is 8.42 Å². The fourth-order valence-electron chi connectivity index (χ4n) is 1.76. The first-order chi connectivity index (χ1) is 9.51. The highest BCUT2D eigenvalue weighted by atomic mass is 32.2. The molecule has 0 saturated heterocycles. The maximum absolute atomic E-state index is 12.2. The van der Waals surface area contributed by atoms with Gasteiger partial charge in [0.05, 0.1) is 0 Å². The van der Waals surface area contributed by atoms with Gasteiger partial charge in [-0.15, -0.1) is 0 Å². The number of thiophene rings is 1. The number of nitrogens with one attached hydrogen (secondary N) is 2. The standard InChI is InChI=1S/C12H16N4O2S2/c1-9(6-10-4-5-19-8-10)16-20(17,18)11-2-3-12(15-13)14-7-11/h2-5,7-9,16H,6,13H2,1H3,(H,14,15). The van der Waals surface area contributed by atoms with Crippen LogP contribution in [0.1, 0.15) is 12.5 Å². The lowest BCUT2D eigenvalue weighted by atomic mass is 10.1. The van der Waals surface area contributed by atoms with Gasteiger partial charge in [-0.05, 0) is 47.9 Å². The highest BCUT2D eigenvalue weighted by Gasteiger charge is 2.18. The molecule has 0 aliphatic rings. The van der Waals surface area contributed by atoms with Crippen molar-refractivity contribution in [2.24, 2.45) is 5.84 Å². The number of aromatic nitrogens is 1. The molecule has 8 heteroatoms. The Morgan fingerprint density at radius 1 is 1.40 bits per heavy atom. The first-order valence-electron chi connectivity index (χ1n) is 5.97. The Morgan fingerprint density at radius 2 is 2.20 bits per heavy atom. The van der Waals surface area contributed by atoms with Gasteiger partial charge in [0.2, 0.25) is 10.0 Å². The number of rotatable bonds is 6. The second-order valence-corrected chi connectivity index (χ2v) is 6.88. The topological polar surface area (TPSA) is 97.1 Å². The molecule has 4 N–H and O–H groups in total. The summed E-state index contributed by atoms with van der Waals surface area (Å²) in [5.41, 5.74) is 3.47. The van der Waals surface area contributed by atoms with Crippen molar-refractivity contribution in [1.29, 1.82) is 0 Å². The van der Waals surface area contributed by atoms with Crippen LogP contribution in [0.5, 0.6) is 0 Å². The van der Waals surface area contributed by atoms with E-state index in [1.54, 1.807) is 11.3 Å². The Labute approximate surface area is 122 Å². The van der Waals surface area contributed by atoms with Gasteiger partial charge >= 0.3 is 0 Å². The zero-order valence-electron chi connectivity index (χ0n) is 10.9. The summed E-state index contributed by atoms with van der Waals surface area (Å²) < 4.78 is 27.0. The first-order valence-corrected chi connectivity index (χ1v) is 8.40. The maximum Gasteiger partial charge on any atom is 0.242 e. The zero-order valence-corrected chi connectivity index (χ0v) is 12.5. The van der Waals surface area contributed by atoms with Crippen LogP contribution in [-0.2, 0) is 16.4 Å². The molecule has 0 aliphatic heterocycles. The Bertz CT molecular complexity index is 639. The summed E-state index contributed by atoms with van der Waals surface area (Å²) >= 11 is 1.59. The number of pyridine rings is 1. The van der Waals surface area contributed by atoms with Gasteiger partial charge in [-0.2, -0.15) is 11.3 Å². The fraction of sp³-hybridized carbons (Fsp3) is 0.250. The molecule has 0 aromatic carbocycles. The van der Waals surface area contributed by atoms with Gasteiger partial charge in [0.1, 0.15) is 10.7 Å². The van der Waals surface area contributed by atoms with Crippen molar-refractivity contribution in [2.75, 3.05) is 5.43 Å². The monoisotopic (exact) mass is 312 g/mol. The summed E-state index contributed by atoms with van der Waals surface area (Å²) in [7, 11) is -3.57. The smallest absolute Gasteiger partial charge is 0.242 e. The van der Waals surface area contributed by atoms with E-state index >= 15 is 0 Å². The van der Waals surface area contributed by atoms with Gasteiger partial charge in [-0.1, -0.05) is 0 Å². The minimum Gasteiger partial charge on any atom is -0.308 e. The Hall–Kier alpha value is -1.48.